The van der Waals surface area contributed by atoms with E-state index in [2.05, 4.69) is 0 Å². The molecule has 0 N–H and O–H groups in total. The summed E-state index contributed by atoms with van der Waals surface area (Å²) >= 11 is 0. The predicted octanol–water partition coefficient (Wildman–Crippen LogP) is 1.25. The van der Waals surface area contributed by atoms with Crippen LogP contribution in [0.5, 0.6) is 0 Å². The fourth-order valence-corrected chi connectivity index (χ4v) is 1.59. The molecule has 0 aliphatic carbocycles. The van der Waals surface area contributed by atoms with Gasteiger partial charge in [-0.1, -0.05) is 20.3 Å². The number of carbonyl (C=O) groups excluding carboxylic acids is 2. The van der Waals surface area contributed by atoms with Crippen molar-refractivity contribution in [2.24, 2.45) is 5.92 Å². The van der Waals surface area contributed by atoms with Gasteiger partial charge in [-0.3, -0.25) is 9.59 Å². The number of nitrogens with zero attached hydrogens (tertiary/aromatic N) is 3. The van der Waals surface area contributed by atoms with Gasteiger partial charge in [0, 0.05) is 20.6 Å². The van der Waals surface area contributed by atoms with Crippen molar-refractivity contribution < 1.29 is 9.59 Å². The van der Waals surface area contributed by atoms with Crippen LogP contribution < -0.4 is 0 Å². The molecule has 0 saturated heterocycles. The molecule has 0 fully saturated rings. The van der Waals surface area contributed by atoms with Crippen LogP contribution in [-0.2, 0) is 9.59 Å². The van der Waals surface area contributed by atoms with Gasteiger partial charge in [-0.25, -0.2) is 0 Å². The fourth-order valence-electron chi connectivity index (χ4n) is 1.59. The van der Waals surface area contributed by atoms with E-state index in [0.717, 1.165) is 12.8 Å². The van der Waals surface area contributed by atoms with Crippen molar-refractivity contribution >= 4 is 11.8 Å². The van der Waals surface area contributed by atoms with E-state index in [9.17, 15) is 9.59 Å². The number of hydrogen-bond acceptors (Lipinski definition) is 3. The largest absolute Gasteiger partial charge is 0.347 e. The van der Waals surface area contributed by atoms with E-state index in [1.54, 1.807) is 14.1 Å². The lowest BCUT2D eigenvalue weighted by molar-refractivity contribution is -0.140. The molecule has 5 nitrogen and oxygen atoms in total. The Kier molecular flexibility index (Phi) is 7.77. The number of nitriles is 1. The first kappa shape index (κ1) is 16.4. The van der Waals surface area contributed by atoms with Crippen LogP contribution in [0.1, 0.15) is 33.1 Å². The molecule has 5 heteroatoms. The molecule has 1 unspecified atom stereocenters. The van der Waals surface area contributed by atoms with Gasteiger partial charge in [-0.05, 0) is 12.8 Å². The molecule has 0 aromatic carbocycles. The monoisotopic (exact) mass is 253 g/mol. The highest BCUT2D eigenvalue weighted by molar-refractivity contribution is 5.86. The van der Waals surface area contributed by atoms with Gasteiger partial charge < -0.3 is 9.80 Å². The van der Waals surface area contributed by atoms with Gasteiger partial charge in [-0.2, -0.15) is 5.26 Å². The van der Waals surface area contributed by atoms with Gasteiger partial charge in [0.2, 0.25) is 11.8 Å². The van der Waals surface area contributed by atoms with Crippen LogP contribution in [0.25, 0.3) is 0 Å². The van der Waals surface area contributed by atoms with Crippen molar-refractivity contribution in [3.63, 3.8) is 0 Å². The fraction of sp³-hybridized carbons (Fsp3) is 0.769. The zero-order chi connectivity index (χ0) is 14.1. The lowest BCUT2D eigenvalue weighted by atomic mass is 10.0. The highest BCUT2D eigenvalue weighted by atomic mass is 16.2. The summed E-state index contributed by atoms with van der Waals surface area (Å²) < 4.78 is 0. The van der Waals surface area contributed by atoms with E-state index in [4.69, 9.17) is 5.26 Å². The molecule has 0 aliphatic heterocycles. The van der Waals surface area contributed by atoms with Crippen molar-refractivity contribution in [3.05, 3.63) is 0 Å². The van der Waals surface area contributed by atoms with Crippen molar-refractivity contribution in [3.8, 4) is 6.07 Å². The summed E-state index contributed by atoms with van der Waals surface area (Å²) in [5.74, 6) is -0.974. The van der Waals surface area contributed by atoms with Gasteiger partial charge in [0.25, 0.3) is 0 Å². The second-order valence-corrected chi connectivity index (χ2v) is 4.52. The van der Waals surface area contributed by atoms with Gasteiger partial charge >= 0.3 is 0 Å². The van der Waals surface area contributed by atoms with Crippen molar-refractivity contribution in [1.82, 2.24) is 9.80 Å². The molecule has 0 heterocycles. The summed E-state index contributed by atoms with van der Waals surface area (Å²) in [6.07, 6.45) is 2.11. The molecule has 0 radical (unpaired) electrons. The highest BCUT2D eigenvalue weighted by Gasteiger charge is 2.24. The Morgan fingerprint density at radius 3 is 2.22 bits per heavy atom. The van der Waals surface area contributed by atoms with Crippen LogP contribution in [0.3, 0.4) is 0 Å². The lowest BCUT2D eigenvalue weighted by Gasteiger charge is -2.25. The maximum atomic E-state index is 12.1. The first-order valence-corrected chi connectivity index (χ1v) is 6.36. The molecular weight excluding hydrogens is 230 g/mol. The summed E-state index contributed by atoms with van der Waals surface area (Å²) in [6, 6.07) is 2.03. The van der Waals surface area contributed by atoms with Crippen LogP contribution in [0, 0.1) is 17.2 Å². The van der Waals surface area contributed by atoms with E-state index < -0.39 is 5.92 Å². The summed E-state index contributed by atoms with van der Waals surface area (Å²) in [6.45, 7) is 4.45. The topological polar surface area (TPSA) is 64.4 Å². The predicted molar refractivity (Wildman–Crippen MR) is 69.6 cm³/mol. The molecule has 18 heavy (non-hydrogen) atoms. The molecule has 102 valence electrons. The molecule has 0 spiro atoms. The van der Waals surface area contributed by atoms with Gasteiger partial charge in [0.1, 0.15) is 5.92 Å². The van der Waals surface area contributed by atoms with Crippen LogP contribution in [0.2, 0.25) is 0 Å². The second-order valence-electron chi connectivity index (χ2n) is 4.52. The van der Waals surface area contributed by atoms with E-state index >= 15 is 0 Å². The number of hydrogen-bond donors (Lipinski definition) is 0. The normalized spacial score (nSPS) is 11.5. The number of amides is 2. The number of carbonyl (C=O) groups is 2. The summed E-state index contributed by atoms with van der Waals surface area (Å²) in [5, 5.41) is 9.00. The van der Waals surface area contributed by atoms with Gasteiger partial charge in [0.15, 0.2) is 0 Å². The quantitative estimate of drug-likeness (QED) is 0.686. The summed E-state index contributed by atoms with van der Waals surface area (Å²) in [4.78, 5) is 26.7. The summed E-state index contributed by atoms with van der Waals surface area (Å²) in [7, 11) is 3.31. The maximum absolute atomic E-state index is 12.1. The molecule has 0 aliphatic rings. The van der Waals surface area contributed by atoms with Crippen molar-refractivity contribution in [2.75, 3.05) is 27.2 Å². The first-order chi connectivity index (χ1) is 8.47. The Hall–Kier alpha value is -1.57. The van der Waals surface area contributed by atoms with E-state index in [-0.39, 0.29) is 18.4 Å². The maximum Gasteiger partial charge on any atom is 0.241 e. The zero-order valence-electron chi connectivity index (χ0n) is 11.8. The van der Waals surface area contributed by atoms with Gasteiger partial charge in [-0.15, -0.1) is 0 Å². The Morgan fingerprint density at radius 2 is 1.83 bits per heavy atom. The molecule has 2 amide bonds. The molecular formula is C13H23N3O2. The molecule has 1 atom stereocenters. The Balaban J connectivity index is 4.72. The third-order valence-corrected chi connectivity index (χ3v) is 2.66. The van der Waals surface area contributed by atoms with E-state index in [1.807, 2.05) is 19.9 Å². The zero-order valence-corrected chi connectivity index (χ0v) is 11.8. The molecule has 0 bridgehead atoms. The highest BCUT2D eigenvalue weighted by Crippen LogP contribution is 2.10. The van der Waals surface area contributed by atoms with Crippen LogP contribution in [-0.4, -0.2) is 48.8 Å². The average molecular weight is 253 g/mol. The van der Waals surface area contributed by atoms with E-state index in [1.165, 1.54) is 9.80 Å². The Bertz CT molecular complexity index is 321. The minimum absolute atomic E-state index is 0.0571. The first-order valence-electron chi connectivity index (χ1n) is 6.36. The average Bonchev–Trinajstić information content (AvgIpc) is 2.34. The SMILES string of the molecule is CCCC(C#N)C(=O)N(CCC)CC(=O)N(C)C. The Labute approximate surface area is 109 Å². The number of likely N-dealkylation sites (N-methyl/N-ethyl adjacent to an activating group) is 1. The van der Waals surface area contributed by atoms with Crippen molar-refractivity contribution in [1.29, 1.82) is 5.26 Å². The standard InChI is InChI=1S/C13H23N3O2/c1-5-7-11(9-14)13(18)16(8-6-2)10-12(17)15(3)4/h11H,5-8,10H2,1-4H3. The van der Waals surface area contributed by atoms with Crippen molar-refractivity contribution in [2.45, 2.75) is 33.1 Å². The van der Waals surface area contributed by atoms with Crippen LogP contribution in [0.4, 0.5) is 0 Å². The minimum atomic E-state index is -0.628. The van der Waals surface area contributed by atoms with Crippen LogP contribution in [0.15, 0.2) is 0 Å². The van der Waals surface area contributed by atoms with Crippen LogP contribution >= 0.6 is 0 Å². The van der Waals surface area contributed by atoms with Gasteiger partial charge in [0.05, 0.1) is 12.6 Å². The minimum Gasteiger partial charge on any atom is -0.347 e. The third-order valence-electron chi connectivity index (χ3n) is 2.66. The molecule has 0 aromatic heterocycles. The Morgan fingerprint density at radius 1 is 1.22 bits per heavy atom. The smallest absolute Gasteiger partial charge is 0.241 e. The van der Waals surface area contributed by atoms with E-state index in [0.29, 0.717) is 13.0 Å². The number of rotatable bonds is 7. The molecule has 0 saturated carbocycles. The summed E-state index contributed by atoms with van der Waals surface area (Å²) in [5.41, 5.74) is 0. The molecule has 0 aromatic rings. The second kappa shape index (κ2) is 8.51. The molecule has 0 rings (SSSR count). The third kappa shape index (κ3) is 5.17. The lowest BCUT2D eigenvalue weighted by Crippen LogP contribution is -2.43.